The standard InChI is InChI=1S/C23H30N2O2S/c1-17(2)24-23(27)19(4)25(14-21-12-8-9-18(3)13-21)22(26)16-28-15-20-10-6-5-7-11-20/h5-13,17,19H,14-16H2,1-4H3,(H,24,27). The fraction of sp³-hybridized carbons (Fsp3) is 0.391. The van der Waals surface area contributed by atoms with Crippen molar-refractivity contribution < 1.29 is 9.59 Å². The molecule has 0 fully saturated rings. The van der Waals surface area contributed by atoms with Crippen LogP contribution in [0.4, 0.5) is 0 Å². The average molecular weight is 399 g/mol. The lowest BCUT2D eigenvalue weighted by Gasteiger charge is -2.29. The third kappa shape index (κ3) is 7.04. The molecule has 4 nitrogen and oxygen atoms in total. The maximum absolute atomic E-state index is 13.0. The fourth-order valence-corrected chi connectivity index (χ4v) is 3.78. The zero-order valence-electron chi connectivity index (χ0n) is 17.1. The van der Waals surface area contributed by atoms with Crippen LogP contribution in [0.25, 0.3) is 0 Å². The quantitative estimate of drug-likeness (QED) is 0.690. The van der Waals surface area contributed by atoms with Crippen molar-refractivity contribution in [1.82, 2.24) is 10.2 Å². The molecule has 1 atom stereocenters. The Labute approximate surface area is 172 Å². The molecule has 0 saturated heterocycles. The molecule has 150 valence electrons. The Bertz CT molecular complexity index is 777. The molecular weight excluding hydrogens is 368 g/mol. The molecule has 2 rings (SSSR count). The number of thioether (sulfide) groups is 1. The lowest BCUT2D eigenvalue weighted by atomic mass is 10.1. The van der Waals surface area contributed by atoms with Crippen LogP contribution in [0.3, 0.4) is 0 Å². The second kappa shape index (κ2) is 10.9. The van der Waals surface area contributed by atoms with Crippen LogP contribution in [0, 0.1) is 6.92 Å². The maximum Gasteiger partial charge on any atom is 0.242 e. The Morgan fingerprint density at radius 3 is 2.32 bits per heavy atom. The predicted octanol–water partition coefficient (Wildman–Crippen LogP) is 4.17. The number of carbonyl (C=O) groups excluding carboxylic acids is 2. The number of carbonyl (C=O) groups is 2. The second-order valence-corrected chi connectivity index (χ2v) is 8.31. The molecule has 0 spiro atoms. The van der Waals surface area contributed by atoms with Crippen LogP contribution in [-0.4, -0.2) is 34.6 Å². The lowest BCUT2D eigenvalue weighted by Crippen LogP contribution is -2.49. The van der Waals surface area contributed by atoms with Crippen molar-refractivity contribution in [3.05, 3.63) is 71.3 Å². The first kappa shape index (κ1) is 22.0. The zero-order chi connectivity index (χ0) is 20.5. The molecule has 1 N–H and O–H groups in total. The molecular formula is C23H30N2O2S. The molecule has 0 aliphatic heterocycles. The van der Waals surface area contributed by atoms with Gasteiger partial charge in [0.15, 0.2) is 0 Å². The van der Waals surface area contributed by atoms with Gasteiger partial charge in [-0.25, -0.2) is 0 Å². The smallest absolute Gasteiger partial charge is 0.242 e. The van der Waals surface area contributed by atoms with Gasteiger partial charge in [-0.3, -0.25) is 9.59 Å². The van der Waals surface area contributed by atoms with E-state index in [1.54, 1.807) is 23.6 Å². The Morgan fingerprint density at radius 2 is 1.68 bits per heavy atom. The third-order valence-electron chi connectivity index (χ3n) is 4.37. The summed E-state index contributed by atoms with van der Waals surface area (Å²) >= 11 is 1.58. The molecule has 2 amide bonds. The van der Waals surface area contributed by atoms with Crippen LogP contribution in [0.1, 0.15) is 37.5 Å². The molecule has 0 aliphatic rings. The van der Waals surface area contributed by atoms with Crippen molar-refractivity contribution in [3.63, 3.8) is 0 Å². The van der Waals surface area contributed by atoms with E-state index < -0.39 is 6.04 Å². The van der Waals surface area contributed by atoms with Gasteiger partial charge < -0.3 is 10.2 Å². The SMILES string of the molecule is Cc1cccc(CN(C(=O)CSCc2ccccc2)C(C)C(=O)NC(C)C)c1. The molecule has 0 aromatic heterocycles. The van der Waals surface area contributed by atoms with Crippen LogP contribution in [0.15, 0.2) is 54.6 Å². The van der Waals surface area contributed by atoms with Crippen molar-refractivity contribution in [2.75, 3.05) is 5.75 Å². The number of amides is 2. The summed E-state index contributed by atoms with van der Waals surface area (Å²) < 4.78 is 0. The summed E-state index contributed by atoms with van der Waals surface area (Å²) in [6.07, 6.45) is 0. The molecule has 5 heteroatoms. The summed E-state index contributed by atoms with van der Waals surface area (Å²) in [6.45, 7) is 8.10. The van der Waals surface area contributed by atoms with Crippen molar-refractivity contribution in [2.24, 2.45) is 0 Å². The number of hydrogen-bond donors (Lipinski definition) is 1. The summed E-state index contributed by atoms with van der Waals surface area (Å²) in [6, 6.07) is 17.7. The highest BCUT2D eigenvalue weighted by molar-refractivity contribution is 7.99. The third-order valence-corrected chi connectivity index (χ3v) is 5.36. The van der Waals surface area contributed by atoms with E-state index in [0.717, 1.165) is 16.9 Å². The minimum absolute atomic E-state index is 0.0196. The zero-order valence-corrected chi connectivity index (χ0v) is 18.0. The van der Waals surface area contributed by atoms with E-state index in [-0.39, 0.29) is 17.9 Å². The van der Waals surface area contributed by atoms with Gasteiger partial charge in [0.2, 0.25) is 11.8 Å². The normalized spacial score (nSPS) is 11.9. The molecule has 0 saturated carbocycles. The summed E-state index contributed by atoms with van der Waals surface area (Å²) in [7, 11) is 0. The molecule has 0 radical (unpaired) electrons. The second-order valence-electron chi connectivity index (χ2n) is 7.33. The Morgan fingerprint density at radius 1 is 1.00 bits per heavy atom. The number of aryl methyl sites for hydroxylation is 1. The van der Waals surface area contributed by atoms with Gasteiger partial charge in [0.1, 0.15) is 6.04 Å². The fourth-order valence-electron chi connectivity index (χ4n) is 2.91. The van der Waals surface area contributed by atoms with Crippen LogP contribution < -0.4 is 5.32 Å². The number of nitrogens with one attached hydrogen (secondary N) is 1. The van der Waals surface area contributed by atoms with E-state index >= 15 is 0 Å². The lowest BCUT2D eigenvalue weighted by molar-refractivity contribution is -0.138. The summed E-state index contributed by atoms with van der Waals surface area (Å²) in [4.78, 5) is 27.2. The van der Waals surface area contributed by atoms with Crippen LogP contribution >= 0.6 is 11.8 Å². The number of benzene rings is 2. The van der Waals surface area contributed by atoms with Gasteiger partial charge >= 0.3 is 0 Å². The maximum atomic E-state index is 13.0. The average Bonchev–Trinajstić information content (AvgIpc) is 2.66. The van der Waals surface area contributed by atoms with Crippen molar-refractivity contribution >= 4 is 23.6 Å². The first-order valence-corrected chi connectivity index (χ1v) is 10.8. The first-order chi connectivity index (χ1) is 13.4. The first-order valence-electron chi connectivity index (χ1n) is 9.64. The van der Waals surface area contributed by atoms with Crippen LogP contribution in [0.5, 0.6) is 0 Å². The van der Waals surface area contributed by atoms with Gasteiger partial charge in [0.25, 0.3) is 0 Å². The largest absolute Gasteiger partial charge is 0.352 e. The van der Waals surface area contributed by atoms with E-state index in [1.807, 2.05) is 57.2 Å². The van der Waals surface area contributed by atoms with Crippen molar-refractivity contribution in [1.29, 1.82) is 0 Å². The minimum Gasteiger partial charge on any atom is -0.352 e. The Hall–Kier alpha value is -2.27. The summed E-state index contributed by atoms with van der Waals surface area (Å²) in [5.74, 6) is 0.982. The Kier molecular flexibility index (Phi) is 8.58. The molecule has 0 heterocycles. The Balaban J connectivity index is 2.07. The van der Waals surface area contributed by atoms with Gasteiger partial charge in [-0.1, -0.05) is 60.2 Å². The number of nitrogens with zero attached hydrogens (tertiary/aromatic N) is 1. The van der Waals surface area contributed by atoms with Gasteiger partial charge in [-0.2, -0.15) is 0 Å². The van der Waals surface area contributed by atoms with E-state index in [4.69, 9.17) is 0 Å². The number of hydrogen-bond acceptors (Lipinski definition) is 3. The predicted molar refractivity (Wildman–Crippen MR) is 117 cm³/mol. The van der Waals surface area contributed by atoms with Crippen LogP contribution in [0.2, 0.25) is 0 Å². The number of rotatable bonds is 9. The van der Waals surface area contributed by atoms with Gasteiger partial charge in [-0.05, 0) is 38.8 Å². The van der Waals surface area contributed by atoms with Crippen LogP contribution in [-0.2, 0) is 21.9 Å². The molecule has 2 aromatic rings. The minimum atomic E-state index is -0.521. The van der Waals surface area contributed by atoms with E-state index in [0.29, 0.717) is 12.3 Å². The summed E-state index contributed by atoms with van der Waals surface area (Å²) in [5, 5.41) is 2.92. The molecule has 28 heavy (non-hydrogen) atoms. The topological polar surface area (TPSA) is 49.4 Å². The van der Waals surface area contributed by atoms with E-state index in [2.05, 4.69) is 23.5 Å². The molecule has 1 unspecified atom stereocenters. The molecule has 2 aromatic carbocycles. The van der Waals surface area contributed by atoms with E-state index in [1.165, 1.54) is 5.56 Å². The van der Waals surface area contributed by atoms with Gasteiger partial charge in [0, 0.05) is 18.3 Å². The highest BCUT2D eigenvalue weighted by atomic mass is 32.2. The highest BCUT2D eigenvalue weighted by Gasteiger charge is 2.26. The summed E-state index contributed by atoms with van der Waals surface area (Å²) in [5.41, 5.74) is 3.37. The van der Waals surface area contributed by atoms with E-state index in [9.17, 15) is 9.59 Å². The van der Waals surface area contributed by atoms with Crippen molar-refractivity contribution in [3.8, 4) is 0 Å². The van der Waals surface area contributed by atoms with Crippen molar-refractivity contribution in [2.45, 2.75) is 52.1 Å². The highest BCUT2D eigenvalue weighted by Crippen LogP contribution is 2.16. The van der Waals surface area contributed by atoms with Gasteiger partial charge in [0.05, 0.1) is 5.75 Å². The molecule has 0 bridgehead atoms. The van der Waals surface area contributed by atoms with Gasteiger partial charge in [-0.15, -0.1) is 11.8 Å². The monoisotopic (exact) mass is 398 g/mol. The molecule has 0 aliphatic carbocycles.